The molecule has 14 heavy (non-hydrogen) atoms. The number of allylic oxidation sites excluding steroid dienone is 1. The molecule has 0 spiro atoms. The highest BCUT2D eigenvalue weighted by molar-refractivity contribution is 5.14. The zero-order valence-corrected chi connectivity index (χ0v) is 8.91. The molecule has 0 fully saturated rings. The van der Waals surface area contributed by atoms with Gasteiger partial charge in [-0.1, -0.05) is 49.2 Å². The van der Waals surface area contributed by atoms with E-state index in [0.717, 1.165) is 0 Å². The van der Waals surface area contributed by atoms with Gasteiger partial charge in [0.25, 0.3) is 0 Å². The fourth-order valence-corrected chi connectivity index (χ4v) is 1.62. The number of hydrogen-bond donors (Lipinski definition) is 0. The number of rotatable bonds is 7. The largest absolute Gasteiger partial charge is 0.103 e. The van der Waals surface area contributed by atoms with Gasteiger partial charge in [-0.3, -0.25) is 0 Å². The predicted octanol–water partition coefficient (Wildman–Crippen LogP) is 4.37. The van der Waals surface area contributed by atoms with Gasteiger partial charge < -0.3 is 0 Å². The molecule has 76 valence electrons. The molecule has 0 aliphatic heterocycles. The fourth-order valence-electron chi connectivity index (χ4n) is 1.62. The van der Waals surface area contributed by atoms with Crippen molar-refractivity contribution < 1.29 is 0 Å². The van der Waals surface area contributed by atoms with Crippen molar-refractivity contribution in [2.75, 3.05) is 0 Å². The van der Waals surface area contributed by atoms with Crippen LogP contribution in [0, 0.1) is 0 Å². The van der Waals surface area contributed by atoms with Crippen LogP contribution in [0.25, 0.3) is 0 Å². The summed E-state index contributed by atoms with van der Waals surface area (Å²) >= 11 is 0. The van der Waals surface area contributed by atoms with Gasteiger partial charge in [0.1, 0.15) is 0 Å². The first-order valence-corrected chi connectivity index (χ1v) is 5.58. The lowest BCUT2D eigenvalue weighted by Crippen LogP contribution is -1.85. The van der Waals surface area contributed by atoms with Crippen molar-refractivity contribution in [3.8, 4) is 0 Å². The smallest absolute Gasteiger partial charge is 0.0279 e. The number of unbranched alkanes of at least 4 members (excludes halogenated alkanes) is 4. The summed E-state index contributed by atoms with van der Waals surface area (Å²) in [4.78, 5) is 0. The van der Waals surface area contributed by atoms with Gasteiger partial charge in [-0.15, -0.1) is 6.58 Å². The summed E-state index contributed by atoms with van der Waals surface area (Å²) in [5.74, 6) is 0. The van der Waals surface area contributed by atoms with Gasteiger partial charge in [0, 0.05) is 0 Å². The maximum absolute atomic E-state index is 3.73. The number of aryl methyl sites for hydroxylation is 1. The van der Waals surface area contributed by atoms with Gasteiger partial charge in [0.05, 0.1) is 0 Å². The Hall–Kier alpha value is -1.04. The van der Waals surface area contributed by atoms with Crippen LogP contribution in [0.1, 0.15) is 37.7 Å². The van der Waals surface area contributed by atoms with Crippen LogP contribution in [0.4, 0.5) is 0 Å². The molecule has 0 N–H and O–H groups in total. The molecule has 0 aliphatic carbocycles. The lowest BCUT2D eigenvalue weighted by Gasteiger charge is -2.00. The van der Waals surface area contributed by atoms with Crippen LogP contribution in [0.3, 0.4) is 0 Å². The molecule has 0 atom stereocenters. The molecule has 0 saturated heterocycles. The number of hydrogen-bond acceptors (Lipinski definition) is 0. The molecule has 0 unspecified atom stereocenters. The van der Waals surface area contributed by atoms with Crippen LogP contribution in [0.15, 0.2) is 43.0 Å². The molecule has 1 aromatic rings. The molecule has 0 nitrogen and oxygen atoms in total. The van der Waals surface area contributed by atoms with Crippen molar-refractivity contribution in [3.05, 3.63) is 48.6 Å². The van der Waals surface area contributed by atoms with E-state index in [1.807, 2.05) is 6.08 Å². The first-order chi connectivity index (χ1) is 6.93. The third-order valence-electron chi connectivity index (χ3n) is 2.47. The molecule has 1 rings (SSSR count). The van der Waals surface area contributed by atoms with Crippen LogP contribution in [0.2, 0.25) is 0 Å². The predicted molar refractivity (Wildman–Crippen MR) is 63.4 cm³/mol. The summed E-state index contributed by atoms with van der Waals surface area (Å²) < 4.78 is 0. The topological polar surface area (TPSA) is 0 Å². The molecule has 0 heterocycles. The zero-order valence-electron chi connectivity index (χ0n) is 8.91. The van der Waals surface area contributed by atoms with Gasteiger partial charge in [-0.05, 0) is 31.2 Å². The molecule has 0 aliphatic rings. The average Bonchev–Trinajstić information content (AvgIpc) is 2.25. The van der Waals surface area contributed by atoms with Crippen molar-refractivity contribution in [2.24, 2.45) is 0 Å². The Morgan fingerprint density at radius 3 is 2.36 bits per heavy atom. The second kappa shape index (κ2) is 7.37. The average molecular weight is 188 g/mol. The lowest BCUT2D eigenvalue weighted by atomic mass is 10.1. The Morgan fingerprint density at radius 1 is 0.929 bits per heavy atom. The Bertz CT molecular complexity index is 235. The second-order valence-corrected chi connectivity index (χ2v) is 3.73. The van der Waals surface area contributed by atoms with E-state index in [1.165, 1.54) is 44.1 Å². The quantitative estimate of drug-likeness (QED) is 0.440. The van der Waals surface area contributed by atoms with Crippen LogP contribution in [-0.2, 0) is 6.42 Å². The Morgan fingerprint density at radius 2 is 1.64 bits per heavy atom. The highest BCUT2D eigenvalue weighted by Crippen LogP contribution is 2.08. The highest BCUT2D eigenvalue weighted by Gasteiger charge is 1.91. The minimum Gasteiger partial charge on any atom is -0.103 e. The SMILES string of the molecule is C=CCCCCCCc1ccccc1. The number of benzene rings is 1. The van der Waals surface area contributed by atoms with E-state index in [9.17, 15) is 0 Å². The maximum Gasteiger partial charge on any atom is -0.0279 e. The Labute approximate surface area is 87.7 Å². The van der Waals surface area contributed by atoms with Gasteiger partial charge in [0.2, 0.25) is 0 Å². The molecule has 0 radical (unpaired) electrons. The van der Waals surface area contributed by atoms with E-state index in [-0.39, 0.29) is 0 Å². The van der Waals surface area contributed by atoms with Crippen LogP contribution < -0.4 is 0 Å². The van der Waals surface area contributed by atoms with E-state index in [0.29, 0.717) is 0 Å². The standard InChI is InChI=1S/C14H20/c1-2-3-4-5-6-8-11-14-12-9-7-10-13-14/h2,7,9-10,12-13H,1,3-6,8,11H2. The van der Waals surface area contributed by atoms with E-state index >= 15 is 0 Å². The first-order valence-electron chi connectivity index (χ1n) is 5.58. The molecular weight excluding hydrogens is 168 g/mol. The summed E-state index contributed by atoms with van der Waals surface area (Å²) in [6.07, 6.45) is 9.73. The molecule has 0 aromatic heterocycles. The van der Waals surface area contributed by atoms with E-state index in [4.69, 9.17) is 0 Å². The minimum absolute atomic E-state index is 1.17. The molecule has 0 heteroatoms. The normalized spacial score (nSPS) is 10.0. The van der Waals surface area contributed by atoms with Crippen molar-refractivity contribution in [3.63, 3.8) is 0 Å². The molecule has 0 saturated carbocycles. The Balaban J connectivity index is 2.02. The van der Waals surface area contributed by atoms with Crippen molar-refractivity contribution in [1.29, 1.82) is 0 Å². The zero-order chi connectivity index (χ0) is 10.1. The van der Waals surface area contributed by atoms with Crippen LogP contribution in [0.5, 0.6) is 0 Å². The second-order valence-electron chi connectivity index (χ2n) is 3.73. The Kier molecular flexibility index (Phi) is 5.81. The van der Waals surface area contributed by atoms with Crippen LogP contribution in [-0.4, -0.2) is 0 Å². The van der Waals surface area contributed by atoms with Gasteiger partial charge >= 0.3 is 0 Å². The third-order valence-corrected chi connectivity index (χ3v) is 2.47. The van der Waals surface area contributed by atoms with Crippen molar-refractivity contribution >= 4 is 0 Å². The third kappa shape index (κ3) is 4.86. The van der Waals surface area contributed by atoms with Gasteiger partial charge in [0.15, 0.2) is 0 Å². The first kappa shape index (κ1) is 11.0. The summed E-state index contributed by atoms with van der Waals surface area (Å²) in [5.41, 5.74) is 1.47. The molecule has 0 bridgehead atoms. The molecular formula is C14H20. The van der Waals surface area contributed by atoms with E-state index in [1.54, 1.807) is 0 Å². The minimum atomic E-state index is 1.17. The lowest BCUT2D eigenvalue weighted by molar-refractivity contribution is 0.646. The maximum atomic E-state index is 3.73. The highest BCUT2D eigenvalue weighted by atomic mass is 14.0. The summed E-state index contributed by atoms with van der Waals surface area (Å²) in [7, 11) is 0. The summed E-state index contributed by atoms with van der Waals surface area (Å²) in [5, 5.41) is 0. The fraction of sp³-hybridized carbons (Fsp3) is 0.429. The van der Waals surface area contributed by atoms with Crippen molar-refractivity contribution in [2.45, 2.75) is 38.5 Å². The monoisotopic (exact) mass is 188 g/mol. The van der Waals surface area contributed by atoms with E-state index in [2.05, 4.69) is 36.9 Å². The van der Waals surface area contributed by atoms with Crippen LogP contribution >= 0.6 is 0 Å². The molecule has 0 amide bonds. The van der Waals surface area contributed by atoms with Gasteiger partial charge in [-0.2, -0.15) is 0 Å². The van der Waals surface area contributed by atoms with E-state index < -0.39 is 0 Å². The van der Waals surface area contributed by atoms with Crippen molar-refractivity contribution in [1.82, 2.24) is 0 Å². The van der Waals surface area contributed by atoms with Gasteiger partial charge in [-0.25, -0.2) is 0 Å². The summed E-state index contributed by atoms with van der Waals surface area (Å²) in [6.45, 7) is 3.73. The summed E-state index contributed by atoms with van der Waals surface area (Å²) in [6, 6.07) is 10.7. The molecule has 1 aromatic carbocycles.